The third kappa shape index (κ3) is 9.38. The first-order chi connectivity index (χ1) is 11.7. The lowest BCUT2D eigenvalue weighted by molar-refractivity contribution is -0.124. The smallest absolute Gasteiger partial charge is 0.220 e. The highest BCUT2D eigenvalue weighted by molar-refractivity contribution is 5.80. The molecule has 0 aromatic carbocycles. The van der Waals surface area contributed by atoms with Crippen molar-refractivity contribution in [2.45, 2.75) is 77.7 Å². The Balaban J connectivity index is 0.00000576. The van der Waals surface area contributed by atoms with Gasteiger partial charge in [-0.05, 0) is 51.9 Å². The number of hydrogen-bond donors (Lipinski definition) is 1. The molecule has 1 N–H and O–H groups in total. The molecule has 0 bridgehead atoms. The molecule has 1 rings (SSSR count). The monoisotopic (exact) mass is 343 g/mol. The maximum absolute atomic E-state index is 11.9. The predicted molar refractivity (Wildman–Crippen MR) is 97.1 cm³/mol. The minimum atomic E-state index is 0. The van der Waals surface area contributed by atoms with Gasteiger partial charge in [-0.3, -0.25) is 9.59 Å². The van der Waals surface area contributed by atoms with Crippen molar-refractivity contribution in [3.63, 3.8) is 0 Å². The summed E-state index contributed by atoms with van der Waals surface area (Å²) in [5.41, 5.74) is 0. The minimum Gasteiger partial charge on any atom is -0.382 e. The second kappa shape index (κ2) is 13.4. The second-order valence-corrected chi connectivity index (χ2v) is 6.56. The number of Topliss-reactive ketones (excluding diaryl/α,β-unsaturated/α-hetero) is 1. The first-order valence-electron chi connectivity index (χ1n) is 9.64. The van der Waals surface area contributed by atoms with E-state index in [1.54, 1.807) is 0 Å². The Hall–Kier alpha value is -0.940. The van der Waals surface area contributed by atoms with Crippen molar-refractivity contribution >= 4 is 11.7 Å². The lowest BCUT2D eigenvalue weighted by atomic mass is 9.83. The number of nitrogens with one attached hydrogen (secondary N) is 1. The van der Waals surface area contributed by atoms with Gasteiger partial charge < -0.3 is 14.8 Å². The molecule has 142 valence electrons. The van der Waals surface area contributed by atoms with Gasteiger partial charge in [-0.15, -0.1) is 0 Å². The number of carbonyl (C=O) groups excluding carboxylic acids is 2. The number of rotatable bonds is 13. The highest BCUT2D eigenvalue weighted by Crippen LogP contribution is 2.25. The van der Waals surface area contributed by atoms with Gasteiger partial charge in [0.15, 0.2) is 0 Å². The topological polar surface area (TPSA) is 64.6 Å². The Morgan fingerprint density at radius 2 is 1.58 bits per heavy atom. The third-order valence-corrected chi connectivity index (χ3v) is 4.62. The van der Waals surface area contributed by atoms with Gasteiger partial charge in [0.2, 0.25) is 5.91 Å². The minimum absolute atomic E-state index is 0. The van der Waals surface area contributed by atoms with Crippen LogP contribution in [0.1, 0.15) is 73.1 Å². The first-order valence-corrected chi connectivity index (χ1v) is 9.64. The summed E-state index contributed by atoms with van der Waals surface area (Å²) >= 11 is 0. The van der Waals surface area contributed by atoms with E-state index in [4.69, 9.17) is 9.47 Å². The average molecular weight is 344 g/mol. The third-order valence-electron chi connectivity index (χ3n) is 4.62. The van der Waals surface area contributed by atoms with E-state index in [0.29, 0.717) is 25.2 Å². The van der Waals surface area contributed by atoms with Crippen LogP contribution in [-0.2, 0) is 19.1 Å². The molecule has 1 aliphatic rings. The van der Waals surface area contributed by atoms with Crippen LogP contribution in [0.5, 0.6) is 0 Å². The molecule has 0 aromatic heterocycles. The van der Waals surface area contributed by atoms with Gasteiger partial charge in [0.05, 0.1) is 0 Å². The van der Waals surface area contributed by atoms with Crippen molar-refractivity contribution in [2.24, 2.45) is 5.92 Å². The Morgan fingerprint density at radius 1 is 0.958 bits per heavy atom. The molecule has 5 nitrogen and oxygen atoms in total. The van der Waals surface area contributed by atoms with Crippen molar-refractivity contribution in [3.05, 3.63) is 0 Å². The molecule has 0 unspecified atom stereocenters. The molecule has 5 heteroatoms. The van der Waals surface area contributed by atoms with Gasteiger partial charge in [0.1, 0.15) is 5.78 Å². The normalized spacial score (nSPS) is 20.8. The van der Waals surface area contributed by atoms with Gasteiger partial charge in [0, 0.05) is 52.7 Å². The number of unbranched alkanes of at least 4 members (excludes halogenated alkanes) is 1. The number of ether oxygens (including phenoxy) is 2. The number of ketones is 1. The summed E-state index contributed by atoms with van der Waals surface area (Å²) in [6.07, 6.45) is 7.65. The maximum atomic E-state index is 11.9. The van der Waals surface area contributed by atoms with Crippen LogP contribution in [0.15, 0.2) is 0 Å². The number of carbonyl (C=O) groups is 2. The average Bonchev–Trinajstić information content (AvgIpc) is 2.60. The standard InChI is InChI=1S/C19H35NO4.H2/c1-3-18(21)16-9-11-17(12-10-16)20-19(22)8-7-15-24-14-6-5-13-23-4-2;/h16-17H,3-15H2,1-2H3,(H,20,22);1H. The van der Waals surface area contributed by atoms with Gasteiger partial charge in [0.25, 0.3) is 0 Å². The zero-order valence-electron chi connectivity index (χ0n) is 15.5. The summed E-state index contributed by atoms with van der Waals surface area (Å²) < 4.78 is 10.8. The fourth-order valence-electron chi connectivity index (χ4n) is 3.14. The fraction of sp³-hybridized carbons (Fsp3) is 0.895. The molecule has 0 atom stereocenters. The van der Waals surface area contributed by atoms with Crippen molar-refractivity contribution in [2.75, 3.05) is 26.4 Å². The van der Waals surface area contributed by atoms with Crippen LogP contribution in [-0.4, -0.2) is 44.2 Å². The van der Waals surface area contributed by atoms with Crippen molar-refractivity contribution in [1.82, 2.24) is 5.32 Å². The Morgan fingerprint density at radius 3 is 2.21 bits per heavy atom. The quantitative estimate of drug-likeness (QED) is 0.520. The zero-order valence-corrected chi connectivity index (χ0v) is 15.5. The van der Waals surface area contributed by atoms with Crippen molar-refractivity contribution in [3.8, 4) is 0 Å². The molecule has 24 heavy (non-hydrogen) atoms. The lowest BCUT2D eigenvalue weighted by Gasteiger charge is -2.28. The summed E-state index contributed by atoms with van der Waals surface area (Å²) in [6.45, 7) is 6.88. The molecule has 0 aromatic rings. The van der Waals surface area contributed by atoms with Crippen molar-refractivity contribution < 1.29 is 20.5 Å². The number of hydrogen-bond acceptors (Lipinski definition) is 4. The van der Waals surface area contributed by atoms with Gasteiger partial charge >= 0.3 is 0 Å². The fourth-order valence-corrected chi connectivity index (χ4v) is 3.14. The summed E-state index contributed by atoms with van der Waals surface area (Å²) in [6, 6.07) is 0.248. The molecule has 0 heterocycles. The van der Waals surface area contributed by atoms with E-state index in [0.717, 1.165) is 64.8 Å². The molecular weight excluding hydrogens is 306 g/mol. The van der Waals surface area contributed by atoms with Crippen molar-refractivity contribution in [1.29, 1.82) is 0 Å². The van der Waals surface area contributed by atoms with E-state index >= 15 is 0 Å². The van der Waals surface area contributed by atoms with Crippen LogP contribution >= 0.6 is 0 Å². The summed E-state index contributed by atoms with van der Waals surface area (Å²) in [7, 11) is 0. The molecular formula is C19H37NO4. The molecule has 0 saturated heterocycles. The molecule has 1 amide bonds. The largest absolute Gasteiger partial charge is 0.382 e. The Bertz CT molecular complexity index is 357. The highest BCUT2D eigenvalue weighted by Gasteiger charge is 2.25. The van der Waals surface area contributed by atoms with Gasteiger partial charge in [-0.25, -0.2) is 0 Å². The Labute approximate surface area is 148 Å². The van der Waals surface area contributed by atoms with Crippen LogP contribution in [0.2, 0.25) is 0 Å². The molecule has 0 radical (unpaired) electrons. The Kier molecular flexibility index (Phi) is 11.7. The second-order valence-electron chi connectivity index (χ2n) is 6.56. The van der Waals surface area contributed by atoms with E-state index in [1.165, 1.54) is 0 Å². The van der Waals surface area contributed by atoms with Gasteiger partial charge in [-0.2, -0.15) is 0 Å². The summed E-state index contributed by atoms with van der Waals surface area (Å²) in [5, 5.41) is 3.10. The molecule has 0 spiro atoms. The highest BCUT2D eigenvalue weighted by atomic mass is 16.5. The number of amides is 1. The predicted octanol–water partition coefficient (Wildman–Crippen LogP) is 3.50. The van der Waals surface area contributed by atoms with Crippen LogP contribution in [0.4, 0.5) is 0 Å². The molecule has 1 saturated carbocycles. The van der Waals surface area contributed by atoms with Crippen LogP contribution in [0.25, 0.3) is 0 Å². The van der Waals surface area contributed by atoms with E-state index in [1.807, 2.05) is 13.8 Å². The van der Waals surface area contributed by atoms with Crippen LogP contribution in [0.3, 0.4) is 0 Å². The van der Waals surface area contributed by atoms with Crippen LogP contribution < -0.4 is 5.32 Å². The molecule has 1 aliphatic carbocycles. The molecule has 0 aliphatic heterocycles. The van der Waals surface area contributed by atoms with Gasteiger partial charge in [-0.1, -0.05) is 6.92 Å². The van der Waals surface area contributed by atoms with Crippen LogP contribution in [0, 0.1) is 5.92 Å². The zero-order chi connectivity index (χ0) is 17.6. The van der Waals surface area contributed by atoms with E-state index in [9.17, 15) is 9.59 Å². The summed E-state index contributed by atoms with van der Waals surface area (Å²) in [4.78, 5) is 23.6. The van der Waals surface area contributed by atoms with E-state index in [-0.39, 0.29) is 19.3 Å². The maximum Gasteiger partial charge on any atom is 0.220 e. The lowest BCUT2D eigenvalue weighted by Crippen LogP contribution is -2.38. The SMILES string of the molecule is CCOCCCCOCCCC(=O)NC1CCC(C(=O)CC)CC1.[HH]. The van der Waals surface area contributed by atoms with E-state index in [2.05, 4.69) is 5.32 Å². The van der Waals surface area contributed by atoms with E-state index < -0.39 is 0 Å². The first kappa shape index (κ1) is 21.1. The summed E-state index contributed by atoms with van der Waals surface area (Å²) in [5.74, 6) is 0.706. The molecule has 1 fully saturated rings.